The Morgan fingerprint density at radius 3 is 2.24 bits per heavy atom. The minimum Gasteiger partial charge on any atom is -0.294 e. The van der Waals surface area contributed by atoms with Gasteiger partial charge in [0, 0.05) is 22.4 Å². The smallest absolute Gasteiger partial charge is 0.250 e. The number of fused-ring (bicyclic) bond motifs is 4. The van der Waals surface area contributed by atoms with E-state index in [0.717, 1.165) is 5.82 Å². The van der Waals surface area contributed by atoms with Crippen molar-refractivity contribution < 1.29 is 4.57 Å². The normalized spacial score (nSPS) is 12.2. The highest BCUT2D eigenvalue weighted by Gasteiger charge is 2.27. The molecule has 3 aromatic heterocycles. The number of hydrogen-bond acceptors (Lipinski definition) is 1. The van der Waals surface area contributed by atoms with Gasteiger partial charge >= 0.3 is 0 Å². The Bertz CT molecular complexity index is 2070. The SMILES string of the molecule is Cc1ccnc(-n2c3ccccc3c3ccc(C(C)(C)c4cccc(-n5c[n+](C(C)C)c6ccccc65)c4)cc32)c1. The molecule has 4 heteroatoms. The van der Waals surface area contributed by atoms with Crippen LogP contribution in [0.1, 0.15) is 50.4 Å². The van der Waals surface area contributed by atoms with Crippen LogP contribution in [-0.2, 0) is 5.41 Å². The first-order chi connectivity index (χ1) is 19.8. The summed E-state index contributed by atoms with van der Waals surface area (Å²) in [5, 5.41) is 2.49. The molecule has 0 unspecified atom stereocenters. The van der Waals surface area contributed by atoms with Crippen molar-refractivity contribution in [2.75, 3.05) is 0 Å². The number of aromatic nitrogens is 4. The summed E-state index contributed by atoms with van der Waals surface area (Å²) in [4.78, 5) is 4.77. The number of imidazole rings is 1. The zero-order chi connectivity index (χ0) is 28.3. The summed E-state index contributed by atoms with van der Waals surface area (Å²) < 4.78 is 6.98. The third-order valence-corrected chi connectivity index (χ3v) is 8.59. The second-order valence-corrected chi connectivity index (χ2v) is 11.9. The highest BCUT2D eigenvalue weighted by molar-refractivity contribution is 6.09. The van der Waals surface area contributed by atoms with E-state index in [1.165, 1.54) is 55.2 Å². The zero-order valence-corrected chi connectivity index (χ0v) is 24.3. The summed E-state index contributed by atoms with van der Waals surface area (Å²) in [5.41, 5.74) is 9.52. The molecule has 0 radical (unpaired) electrons. The average molecular weight is 536 g/mol. The van der Waals surface area contributed by atoms with Crippen LogP contribution in [0, 0.1) is 6.92 Å². The summed E-state index contributed by atoms with van der Waals surface area (Å²) in [6.45, 7) is 11.2. The zero-order valence-electron chi connectivity index (χ0n) is 24.3. The first-order valence-electron chi connectivity index (χ1n) is 14.4. The quantitative estimate of drug-likeness (QED) is 0.203. The predicted molar refractivity (Wildman–Crippen MR) is 169 cm³/mol. The summed E-state index contributed by atoms with van der Waals surface area (Å²) in [7, 11) is 0. The van der Waals surface area contributed by atoms with Crippen LogP contribution in [0.15, 0.2) is 116 Å². The van der Waals surface area contributed by atoms with Crippen molar-refractivity contribution in [2.45, 2.75) is 46.1 Å². The number of para-hydroxylation sites is 3. The molecule has 0 spiro atoms. The van der Waals surface area contributed by atoms with Crippen molar-refractivity contribution in [1.29, 1.82) is 0 Å². The third-order valence-electron chi connectivity index (χ3n) is 8.59. The first-order valence-corrected chi connectivity index (χ1v) is 14.4. The Morgan fingerprint density at radius 2 is 1.44 bits per heavy atom. The molecule has 0 N–H and O–H groups in total. The predicted octanol–water partition coefficient (Wildman–Crippen LogP) is 8.63. The minimum absolute atomic E-state index is 0.220. The van der Waals surface area contributed by atoms with Crippen molar-refractivity contribution in [2.24, 2.45) is 0 Å². The molecule has 0 saturated heterocycles. The number of rotatable bonds is 5. The fourth-order valence-electron chi connectivity index (χ4n) is 6.21. The monoisotopic (exact) mass is 535 g/mol. The van der Waals surface area contributed by atoms with Gasteiger partial charge in [0.2, 0.25) is 6.33 Å². The second-order valence-electron chi connectivity index (χ2n) is 11.9. The Labute approximate surface area is 241 Å². The van der Waals surface area contributed by atoms with Crippen molar-refractivity contribution in [1.82, 2.24) is 14.1 Å². The van der Waals surface area contributed by atoms with E-state index in [0.29, 0.717) is 6.04 Å². The maximum Gasteiger partial charge on any atom is 0.250 e. The van der Waals surface area contributed by atoms with Gasteiger partial charge in [-0.05, 0) is 86.0 Å². The van der Waals surface area contributed by atoms with Crippen molar-refractivity contribution in [3.63, 3.8) is 0 Å². The summed E-state index contributed by atoms with van der Waals surface area (Å²) >= 11 is 0. The van der Waals surface area contributed by atoms with E-state index in [4.69, 9.17) is 4.98 Å². The van der Waals surface area contributed by atoms with Gasteiger partial charge in [0.15, 0.2) is 11.0 Å². The van der Waals surface area contributed by atoms with Gasteiger partial charge in [0.05, 0.1) is 17.1 Å². The molecule has 0 bridgehead atoms. The summed E-state index contributed by atoms with van der Waals surface area (Å²) in [6, 6.07) is 37.8. The van der Waals surface area contributed by atoms with Crippen LogP contribution in [0.2, 0.25) is 0 Å². The van der Waals surface area contributed by atoms with Gasteiger partial charge in [-0.3, -0.25) is 4.57 Å². The van der Waals surface area contributed by atoms with Gasteiger partial charge < -0.3 is 0 Å². The third kappa shape index (κ3) is 4.05. The van der Waals surface area contributed by atoms with Crippen LogP contribution < -0.4 is 4.57 Å². The molecule has 7 aromatic rings. The summed E-state index contributed by atoms with van der Waals surface area (Å²) in [5.74, 6) is 0.950. The molecule has 7 rings (SSSR count). The Balaban J connectivity index is 1.39. The van der Waals surface area contributed by atoms with E-state index < -0.39 is 0 Å². The molecule has 4 aromatic carbocycles. The molecule has 0 fully saturated rings. The number of aryl methyl sites for hydroxylation is 1. The Kier molecular flexibility index (Phi) is 5.83. The van der Waals surface area contributed by atoms with Gasteiger partial charge in [0.25, 0.3) is 0 Å². The molecule has 0 aliphatic carbocycles. The molecular weight excluding hydrogens is 500 g/mol. The van der Waals surface area contributed by atoms with Crippen LogP contribution in [0.5, 0.6) is 0 Å². The van der Waals surface area contributed by atoms with E-state index in [1.807, 2.05) is 6.20 Å². The maximum absolute atomic E-state index is 4.77. The maximum atomic E-state index is 4.77. The molecule has 0 aliphatic heterocycles. The molecule has 0 saturated carbocycles. The van der Waals surface area contributed by atoms with E-state index in [-0.39, 0.29) is 5.41 Å². The average Bonchev–Trinajstić information content (AvgIpc) is 3.53. The second kappa shape index (κ2) is 9.45. The molecular formula is C37H35N4+. The fraction of sp³-hybridized carbons (Fsp3) is 0.189. The first kappa shape index (κ1) is 25.3. The lowest BCUT2D eigenvalue weighted by Gasteiger charge is -2.26. The minimum atomic E-state index is -0.220. The lowest BCUT2D eigenvalue weighted by atomic mass is 9.77. The lowest BCUT2D eigenvalue weighted by Crippen LogP contribution is -2.34. The fourth-order valence-corrected chi connectivity index (χ4v) is 6.21. The topological polar surface area (TPSA) is 26.6 Å². The highest BCUT2D eigenvalue weighted by Crippen LogP contribution is 2.38. The van der Waals surface area contributed by atoms with Gasteiger partial charge in [-0.1, -0.05) is 68.4 Å². The van der Waals surface area contributed by atoms with Crippen molar-refractivity contribution >= 4 is 32.8 Å². The Hall–Kier alpha value is -4.70. The van der Waals surface area contributed by atoms with Crippen LogP contribution >= 0.6 is 0 Å². The Morgan fingerprint density at radius 1 is 0.707 bits per heavy atom. The molecule has 3 heterocycles. The van der Waals surface area contributed by atoms with Crippen molar-refractivity contribution in [3.8, 4) is 11.5 Å². The van der Waals surface area contributed by atoms with Crippen LogP contribution in [0.4, 0.5) is 0 Å². The van der Waals surface area contributed by atoms with Gasteiger partial charge in [0.1, 0.15) is 11.5 Å². The number of pyridine rings is 1. The molecule has 41 heavy (non-hydrogen) atoms. The van der Waals surface area contributed by atoms with E-state index >= 15 is 0 Å². The molecule has 4 nitrogen and oxygen atoms in total. The highest BCUT2D eigenvalue weighted by atomic mass is 15.1. The molecule has 0 atom stereocenters. The lowest BCUT2D eigenvalue weighted by molar-refractivity contribution is -0.691. The van der Waals surface area contributed by atoms with Gasteiger partial charge in [-0.25, -0.2) is 9.55 Å². The standard InChI is InChI=1S/C37H35N4/c1-25(2)39-24-40(34-16-9-8-15-33(34)39)29-12-10-11-27(22-29)37(4,5)28-17-18-31-30-13-6-7-14-32(30)41(35(31)23-28)36-21-26(3)19-20-38-36/h6-25H,1-5H3/q+1. The van der Waals surface area contributed by atoms with E-state index in [9.17, 15) is 0 Å². The van der Waals surface area contributed by atoms with Crippen LogP contribution in [0.25, 0.3) is 44.3 Å². The largest absolute Gasteiger partial charge is 0.294 e. The van der Waals surface area contributed by atoms with Crippen LogP contribution in [-0.4, -0.2) is 14.1 Å². The van der Waals surface area contributed by atoms with Crippen LogP contribution in [0.3, 0.4) is 0 Å². The number of nitrogens with zero attached hydrogens (tertiary/aromatic N) is 4. The van der Waals surface area contributed by atoms with E-state index in [2.05, 4.69) is 158 Å². The van der Waals surface area contributed by atoms with E-state index in [1.54, 1.807) is 0 Å². The number of benzene rings is 4. The van der Waals surface area contributed by atoms with Gasteiger partial charge in [-0.2, -0.15) is 4.57 Å². The molecule has 0 amide bonds. The molecule has 0 aliphatic rings. The number of hydrogen-bond donors (Lipinski definition) is 0. The molecule has 202 valence electrons. The van der Waals surface area contributed by atoms with Gasteiger partial charge in [-0.15, -0.1) is 0 Å². The van der Waals surface area contributed by atoms with Crippen molar-refractivity contribution in [3.05, 3.63) is 132 Å². The summed E-state index contributed by atoms with van der Waals surface area (Å²) in [6.07, 6.45) is 4.14.